The third kappa shape index (κ3) is 4.12. The summed E-state index contributed by atoms with van der Waals surface area (Å²) in [6.07, 6.45) is -4.36. The molecule has 7 nitrogen and oxygen atoms in total. The molecular weight excluding hydrogens is 403 g/mol. The molecule has 2 N–H and O–H groups in total. The van der Waals surface area contributed by atoms with Crippen molar-refractivity contribution in [2.45, 2.75) is 12.6 Å². The van der Waals surface area contributed by atoms with Crippen LogP contribution in [0.1, 0.15) is 12.0 Å². The number of carbonyl (C=O) groups excluding carboxylic acids is 2. The zero-order chi connectivity index (χ0) is 21.3. The van der Waals surface area contributed by atoms with E-state index in [0.717, 1.165) is 6.07 Å². The van der Waals surface area contributed by atoms with E-state index >= 15 is 0 Å². The number of urea groups is 1. The second kappa shape index (κ2) is 7.77. The Kier molecular flexibility index (Phi) is 5.15. The van der Waals surface area contributed by atoms with Crippen molar-refractivity contribution in [1.82, 2.24) is 5.32 Å². The predicted octanol–water partition coefficient (Wildman–Crippen LogP) is 3.61. The normalized spacial score (nSPS) is 17.9. The van der Waals surface area contributed by atoms with E-state index in [-0.39, 0.29) is 37.3 Å². The first-order chi connectivity index (χ1) is 14.3. The number of nitrogens with one attached hydrogen (secondary N) is 2. The number of carbonyl (C=O) groups is 2. The number of hydrogen-bond acceptors (Lipinski definition) is 4. The van der Waals surface area contributed by atoms with Gasteiger partial charge in [-0.15, -0.1) is 0 Å². The van der Waals surface area contributed by atoms with Gasteiger partial charge >= 0.3 is 12.2 Å². The van der Waals surface area contributed by atoms with E-state index in [9.17, 15) is 22.8 Å². The summed E-state index contributed by atoms with van der Waals surface area (Å²) in [5.74, 6) is 0.888. The summed E-state index contributed by atoms with van der Waals surface area (Å²) in [7, 11) is 0. The molecule has 2 aliphatic rings. The van der Waals surface area contributed by atoms with E-state index in [2.05, 4.69) is 10.6 Å². The molecule has 2 aromatic rings. The first kappa shape index (κ1) is 19.9. The van der Waals surface area contributed by atoms with E-state index < -0.39 is 17.8 Å². The molecule has 158 valence electrons. The van der Waals surface area contributed by atoms with Crippen LogP contribution in [-0.2, 0) is 11.0 Å². The number of alkyl halides is 3. The minimum absolute atomic E-state index is 0.108. The molecule has 3 amide bonds. The van der Waals surface area contributed by atoms with Gasteiger partial charge in [-0.3, -0.25) is 4.79 Å². The van der Waals surface area contributed by atoms with Crippen molar-refractivity contribution in [1.29, 1.82) is 0 Å². The maximum absolute atomic E-state index is 13.0. The highest BCUT2D eigenvalue weighted by molar-refractivity contribution is 5.96. The lowest BCUT2D eigenvalue weighted by Crippen LogP contribution is -2.34. The third-order valence-electron chi connectivity index (χ3n) is 4.90. The highest BCUT2D eigenvalue weighted by Crippen LogP contribution is 2.37. The van der Waals surface area contributed by atoms with Crippen LogP contribution in [0.15, 0.2) is 42.5 Å². The molecule has 0 aromatic heterocycles. The maximum atomic E-state index is 13.0. The van der Waals surface area contributed by atoms with Gasteiger partial charge in [0.25, 0.3) is 0 Å². The van der Waals surface area contributed by atoms with Gasteiger partial charge in [0.2, 0.25) is 12.7 Å². The molecule has 1 fully saturated rings. The number of hydrogen-bond donors (Lipinski definition) is 2. The second-order valence-corrected chi connectivity index (χ2v) is 6.99. The minimum atomic E-state index is -4.58. The fraction of sp³-hybridized carbons (Fsp3) is 0.300. The number of amides is 3. The monoisotopic (exact) mass is 421 g/mol. The van der Waals surface area contributed by atoms with Gasteiger partial charge in [0.05, 0.1) is 11.3 Å². The lowest BCUT2D eigenvalue weighted by molar-refractivity contribution is -0.136. The summed E-state index contributed by atoms with van der Waals surface area (Å²) in [4.78, 5) is 26.1. The first-order valence-corrected chi connectivity index (χ1v) is 9.22. The standard InChI is InChI=1S/C20H18F3N3O4/c21-20(22,23)14-3-1-2-4-15(14)25-19(28)24-9-12-7-18(27)26(10-12)13-5-6-16-17(8-13)30-11-29-16/h1-6,8,12H,7,9-11H2,(H2,24,25,28)/t12-/m0/s1. The first-order valence-electron chi connectivity index (χ1n) is 9.22. The summed E-state index contributed by atoms with van der Waals surface area (Å²) < 4.78 is 49.7. The molecule has 0 spiro atoms. The molecular formula is C20H18F3N3O4. The van der Waals surface area contributed by atoms with Crippen molar-refractivity contribution in [3.8, 4) is 11.5 Å². The van der Waals surface area contributed by atoms with Crippen molar-refractivity contribution in [3.63, 3.8) is 0 Å². The van der Waals surface area contributed by atoms with Crippen LogP contribution in [0.2, 0.25) is 0 Å². The number of nitrogens with zero attached hydrogens (tertiary/aromatic N) is 1. The Hall–Kier alpha value is -3.43. The number of para-hydroxylation sites is 1. The number of fused-ring (bicyclic) bond motifs is 1. The predicted molar refractivity (Wildman–Crippen MR) is 101 cm³/mol. The van der Waals surface area contributed by atoms with Crippen LogP contribution < -0.4 is 25.0 Å². The number of halogens is 3. The van der Waals surface area contributed by atoms with Crippen molar-refractivity contribution in [2.24, 2.45) is 5.92 Å². The molecule has 4 rings (SSSR count). The van der Waals surface area contributed by atoms with Gasteiger partial charge in [-0.25, -0.2) is 4.79 Å². The fourth-order valence-electron chi connectivity index (χ4n) is 3.46. The zero-order valence-corrected chi connectivity index (χ0v) is 15.7. The molecule has 0 bridgehead atoms. The summed E-state index contributed by atoms with van der Waals surface area (Å²) in [5, 5.41) is 4.77. The Morgan fingerprint density at radius 3 is 2.70 bits per heavy atom. The van der Waals surface area contributed by atoms with E-state index in [1.54, 1.807) is 23.1 Å². The second-order valence-electron chi connectivity index (χ2n) is 6.99. The van der Waals surface area contributed by atoms with Crippen LogP contribution in [-0.4, -0.2) is 31.8 Å². The molecule has 0 saturated carbocycles. The quantitative estimate of drug-likeness (QED) is 0.791. The number of rotatable bonds is 4. The SMILES string of the molecule is O=C(NC[C@@H]1CC(=O)N(c2ccc3c(c2)OCO3)C1)Nc1ccccc1C(F)(F)F. The molecule has 2 aliphatic heterocycles. The highest BCUT2D eigenvalue weighted by Gasteiger charge is 2.34. The Labute approximate surface area is 169 Å². The third-order valence-corrected chi connectivity index (χ3v) is 4.90. The van der Waals surface area contributed by atoms with Crippen LogP contribution in [0.25, 0.3) is 0 Å². The summed E-state index contributed by atoms with van der Waals surface area (Å²) in [5.41, 5.74) is -0.590. The minimum Gasteiger partial charge on any atom is -0.454 e. The van der Waals surface area contributed by atoms with E-state index in [1.165, 1.54) is 18.2 Å². The van der Waals surface area contributed by atoms with Gasteiger partial charge < -0.3 is 25.0 Å². The molecule has 0 radical (unpaired) electrons. The van der Waals surface area contributed by atoms with Crippen molar-refractivity contribution in [3.05, 3.63) is 48.0 Å². The van der Waals surface area contributed by atoms with Crippen LogP contribution in [0.3, 0.4) is 0 Å². The summed E-state index contributed by atoms with van der Waals surface area (Å²) in [6, 6.07) is 9.17. The molecule has 30 heavy (non-hydrogen) atoms. The van der Waals surface area contributed by atoms with E-state index in [4.69, 9.17) is 9.47 Å². The van der Waals surface area contributed by atoms with Gasteiger partial charge in [-0.1, -0.05) is 12.1 Å². The van der Waals surface area contributed by atoms with E-state index in [1.807, 2.05) is 0 Å². The average Bonchev–Trinajstić information content (AvgIpc) is 3.31. The number of ether oxygens (including phenoxy) is 2. The Morgan fingerprint density at radius 1 is 1.13 bits per heavy atom. The fourth-order valence-corrected chi connectivity index (χ4v) is 3.46. The van der Waals surface area contributed by atoms with Gasteiger partial charge in [0, 0.05) is 37.2 Å². The molecule has 2 heterocycles. The summed E-state index contributed by atoms with van der Waals surface area (Å²) in [6.45, 7) is 0.649. The lowest BCUT2D eigenvalue weighted by atomic mass is 10.1. The van der Waals surface area contributed by atoms with Crippen LogP contribution in [0.5, 0.6) is 11.5 Å². The lowest BCUT2D eigenvalue weighted by Gasteiger charge is -2.18. The number of anilines is 2. The van der Waals surface area contributed by atoms with E-state index in [0.29, 0.717) is 23.7 Å². The van der Waals surface area contributed by atoms with Gasteiger partial charge in [-0.2, -0.15) is 13.2 Å². The van der Waals surface area contributed by atoms with Crippen molar-refractivity contribution >= 4 is 23.3 Å². The summed E-state index contributed by atoms with van der Waals surface area (Å²) >= 11 is 0. The van der Waals surface area contributed by atoms with Crippen LogP contribution in [0, 0.1) is 5.92 Å². The van der Waals surface area contributed by atoms with Gasteiger partial charge in [0.1, 0.15) is 0 Å². The number of benzene rings is 2. The molecule has 0 aliphatic carbocycles. The molecule has 0 unspecified atom stereocenters. The smallest absolute Gasteiger partial charge is 0.418 e. The van der Waals surface area contributed by atoms with Crippen LogP contribution in [0.4, 0.5) is 29.3 Å². The van der Waals surface area contributed by atoms with Crippen molar-refractivity contribution in [2.75, 3.05) is 30.1 Å². The zero-order valence-electron chi connectivity index (χ0n) is 15.7. The average molecular weight is 421 g/mol. The maximum Gasteiger partial charge on any atom is 0.418 e. The van der Waals surface area contributed by atoms with Crippen LogP contribution >= 0.6 is 0 Å². The molecule has 1 saturated heterocycles. The Bertz CT molecular complexity index is 980. The van der Waals surface area contributed by atoms with Gasteiger partial charge in [0.15, 0.2) is 11.5 Å². The Morgan fingerprint density at radius 2 is 1.90 bits per heavy atom. The molecule has 1 atom stereocenters. The molecule has 10 heteroatoms. The topological polar surface area (TPSA) is 79.9 Å². The van der Waals surface area contributed by atoms with Gasteiger partial charge in [-0.05, 0) is 24.3 Å². The highest BCUT2D eigenvalue weighted by atomic mass is 19.4. The Balaban J connectivity index is 1.34. The largest absolute Gasteiger partial charge is 0.454 e. The molecule has 2 aromatic carbocycles. The van der Waals surface area contributed by atoms with Crippen molar-refractivity contribution < 1.29 is 32.2 Å².